The zero-order chi connectivity index (χ0) is 14.4. The van der Waals surface area contributed by atoms with E-state index in [-0.39, 0.29) is 17.3 Å². The molecule has 5 nitrogen and oxygen atoms in total. The number of hydrogen-bond acceptors (Lipinski definition) is 3. The molecule has 0 saturated heterocycles. The van der Waals surface area contributed by atoms with Crippen molar-refractivity contribution in [2.45, 2.75) is 13.0 Å². The first-order valence-corrected chi connectivity index (χ1v) is 6.92. The van der Waals surface area contributed by atoms with Crippen molar-refractivity contribution in [2.24, 2.45) is 0 Å². The number of aromatic carboxylic acids is 1. The van der Waals surface area contributed by atoms with Gasteiger partial charge in [0.25, 0.3) is 0 Å². The normalized spacial score (nSPS) is 11.7. The van der Waals surface area contributed by atoms with Gasteiger partial charge in [-0.2, -0.15) is 11.8 Å². The van der Waals surface area contributed by atoms with Crippen molar-refractivity contribution in [3.05, 3.63) is 29.6 Å². The number of rotatable bonds is 5. The van der Waals surface area contributed by atoms with Crippen LogP contribution in [0.1, 0.15) is 17.3 Å². The van der Waals surface area contributed by atoms with Crippen LogP contribution in [0.2, 0.25) is 0 Å². The van der Waals surface area contributed by atoms with E-state index in [4.69, 9.17) is 5.11 Å². The van der Waals surface area contributed by atoms with Crippen molar-refractivity contribution < 1.29 is 19.1 Å². The summed E-state index contributed by atoms with van der Waals surface area (Å²) in [5.74, 6) is -1.14. The summed E-state index contributed by atoms with van der Waals surface area (Å²) in [6.45, 7) is 1.82. The van der Waals surface area contributed by atoms with E-state index in [1.54, 1.807) is 11.8 Å². The Bertz CT molecular complexity index is 482. The molecule has 0 aliphatic heterocycles. The summed E-state index contributed by atoms with van der Waals surface area (Å²) in [4.78, 5) is 22.3. The maximum absolute atomic E-state index is 13.4. The molecule has 3 N–H and O–H groups in total. The molecule has 1 aromatic carbocycles. The van der Waals surface area contributed by atoms with E-state index in [1.165, 1.54) is 0 Å². The van der Waals surface area contributed by atoms with Crippen LogP contribution in [0.25, 0.3) is 0 Å². The molecule has 0 aliphatic carbocycles. The minimum atomic E-state index is -1.18. The molecule has 0 saturated carbocycles. The number of carbonyl (C=O) groups is 2. The highest BCUT2D eigenvalue weighted by molar-refractivity contribution is 7.98. The van der Waals surface area contributed by atoms with Gasteiger partial charge in [-0.1, -0.05) is 0 Å². The fourth-order valence-corrected chi connectivity index (χ4v) is 2.01. The lowest BCUT2D eigenvalue weighted by atomic mass is 10.2. The zero-order valence-corrected chi connectivity index (χ0v) is 11.4. The van der Waals surface area contributed by atoms with Crippen molar-refractivity contribution >= 4 is 29.4 Å². The second-order valence-corrected chi connectivity index (χ2v) is 4.87. The number of carbonyl (C=O) groups excluding carboxylic acids is 1. The summed E-state index contributed by atoms with van der Waals surface area (Å²) in [5, 5.41) is 13.7. The first-order valence-electron chi connectivity index (χ1n) is 5.53. The number of benzene rings is 1. The average Bonchev–Trinajstić information content (AvgIpc) is 2.31. The Hall–Kier alpha value is -1.76. The fourth-order valence-electron chi connectivity index (χ4n) is 1.43. The minimum absolute atomic E-state index is 0.0688. The Morgan fingerprint density at radius 2 is 2.16 bits per heavy atom. The molecule has 0 aliphatic rings. The quantitative estimate of drug-likeness (QED) is 0.776. The highest BCUT2D eigenvalue weighted by Crippen LogP contribution is 2.16. The van der Waals surface area contributed by atoms with Gasteiger partial charge in [0.05, 0.1) is 11.3 Å². The van der Waals surface area contributed by atoms with Crippen LogP contribution in [0.5, 0.6) is 0 Å². The highest BCUT2D eigenvalue weighted by Gasteiger charge is 2.12. The molecule has 19 heavy (non-hydrogen) atoms. The summed E-state index contributed by atoms with van der Waals surface area (Å²) in [5.41, 5.74) is -0.248. The van der Waals surface area contributed by atoms with Crippen LogP contribution in [-0.4, -0.2) is 35.2 Å². The lowest BCUT2D eigenvalue weighted by Crippen LogP contribution is -2.37. The van der Waals surface area contributed by atoms with Crippen LogP contribution < -0.4 is 10.6 Å². The van der Waals surface area contributed by atoms with Gasteiger partial charge >= 0.3 is 12.0 Å². The number of carboxylic acid groups (broad SMARTS) is 1. The van der Waals surface area contributed by atoms with Crippen LogP contribution in [0, 0.1) is 5.82 Å². The molecule has 0 aromatic heterocycles. The Morgan fingerprint density at radius 1 is 1.47 bits per heavy atom. The summed E-state index contributed by atoms with van der Waals surface area (Å²) < 4.78 is 13.4. The molecule has 7 heteroatoms. The second kappa shape index (κ2) is 6.98. The topological polar surface area (TPSA) is 78.4 Å². The average molecular weight is 286 g/mol. The van der Waals surface area contributed by atoms with Crippen molar-refractivity contribution in [1.82, 2.24) is 5.32 Å². The standard InChI is InChI=1S/C12H15FN2O3S/c1-7(6-19-2)14-12(18)15-10-5-8(11(16)17)3-4-9(10)13/h3-5,7H,6H2,1-2H3,(H,16,17)(H2,14,15,18). The summed E-state index contributed by atoms with van der Waals surface area (Å²) >= 11 is 1.57. The molecule has 1 unspecified atom stereocenters. The molecule has 1 aromatic rings. The lowest BCUT2D eigenvalue weighted by molar-refractivity contribution is 0.0697. The van der Waals surface area contributed by atoms with Gasteiger partial charge in [0, 0.05) is 11.8 Å². The predicted molar refractivity (Wildman–Crippen MR) is 73.4 cm³/mol. The van der Waals surface area contributed by atoms with Gasteiger partial charge in [0.15, 0.2) is 0 Å². The smallest absolute Gasteiger partial charge is 0.335 e. The van der Waals surface area contributed by atoms with Crippen molar-refractivity contribution in [1.29, 1.82) is 0 Å². The van der Waals surface area contributed by atoms with Gasteiger partial charge in [-0.3, -0.25) is 0 Å². The number of carboxylic acids is 1. The number of nitrogens with one attached hydrogen (secondary N) is 2. The molecule has 0 bridgehead atoms. The van der Waals surface area contributed by atoms with E-state index in [0.29, 0.717) is 0 Å². The molecular formula is C12H15FN2O3S. The highest BCUT2D eigenvalue weighted by atomic mass is 32.2. The lowest BCUT2D eigenvalue weighted by Gasteiger charge is -2.14. The molecule has 1 atom stereocenters. The van der Waals surface area contributed by atoms with E-state index >= 15 is 0 Å². The van der Waals surface area contributed by atoms with Crippen LogP contribution in [0.15, 0.2) is 18.2 Å². The number of amides is 2. The number of hydrogen-bond donors (Lipinski definition) is 3. The van der Waals surface area contributed by atoms with E-state index < -0.39 is 17.8 Å². The van der Waals surface area contributed by atoms with Gasteiger partial charge in [0.2, 0.25) is 0 Å². The first-order chi connectivity index (χ1) is 8.93. The summed E-state index contributed by atoms with van der Waals surface area (Å²) in [6.07, 6.45) is 1.91. The third-order valence-electron chi connectivity index (χ3n) is 2.26. The molecule has 0 radical (unpaired) electrons. The number of thioether (sulfide) groups is 1. The van der Waals surface area contributed by atoms with Gasteiger partial charge in [-0.15, -0.1) is 0 Å². The van der Waals surface area contributed by atoms with Gasteiger partial charge < -0.3 is 15.7 Å². The molecule has 1 rings (SSSR count). The maximum atomic E-state index is 13.4. The third-order valence-corrected chi connectivity index (χ3v) is 3.09. The molecule has 104 valence electrons. The van der Waals surface area contributed by atoms with Crippen LogP contribution in [0.4, 0.5) is 14.9 Å². The monoisotopic (exact) mass is 286 g/mol. The van der Waals surface area contributed by atoms with Crippen molar-refractivity contribution in [2.75, 3.05) is 17.3 Å². The van der Waals surface area contributed by atoms with Gasteiger partial charge in [0.1, 0.15) is 5.82 Å². The van der Waals surface area contributed by atoms with Crippen LogP contribution in [-0.2, 0) is 0 Å². The van der Waals surface area contributed by atoms with Crippen LogP contribution >= 0.6 is 11.8 Å². The minimum Gasteiger partial charge on any atom is -0.478 e. The Kier molecular flexibility index (Phi) is 5.62. The number of anilines is 1. The summed E-state index contributed by atoms with van der Waals surface area (Å²) in [6, 6.07) is 2.58. The van der Waals surface area contributed by atoms with Gasteiger partial charge in [-0.25, -0.2) is 14.0 Å². The molecule has 0 spiro atoms. The van der Waals surface area contributed by atoms with E-state index in [1.807, 2.05) is 13.2 Å². The largest absolute Gasteiger partial charge is 0.478 e. The molecule has 0 heterocycles. The van der Waals surface area contributed by atoms with Gasteiger partial charge in [-0.05, 0) is 31.4 Å². The van der Waals surface area contributed by atoms with Crippen molar-refractivity contribution in [3.8, 4) is 0 Å². The fraction of sp³-hybridized carbons (Fsp3) is 0.333. The summed E-state index contributed by atoms with van der Waals surface area (Å²) in [7, 11) is 0. The predicted octanol–water partition coefficient (Wildman–Crippen LogP) is 2.40. The van der Waals surface area contributed by atoms with E-state index in [2.05, 4.69) is 10.6 Å². The Morgan fingerprint density at radius 3 is 2.74 bits per heavy atom. The Balaban J connectivity index is 2.73. The number of halogens is 1. The third kappa shape index (κ3) is 4.78. The van der Waals surface area contributed by atoms with Crippen molar-refractivity contribution in [3.63, 3.8) is 0 Å². The second-order valence-electron chi connectivity index (χ2n) is 3.95. The van der Waals surface area contributed by atoms with Crippen LogP contribution in [0.3, 0.4) is 0 Å². The molecular weight excluding hydrogens is 271 g/mol. The van der Waals surface area contributed by atoms with E-state index in [0.717, 1.165) is 24.0 Å². The maximum Gasteiger partial charge on any atom is 0.335 e. The first kappa shape index (κ1) is 15.3. The van der Waals surface area contributed by atoms with E-state index in [9.17, 15) is 14.0 Å². The molecule has 2 amide bonds. The zero-order valence-electron chi connectivity index (χ0n) is 10.6. The molecule has 0 fully saturated rings. The SMILES string of the molecule is CSCC(C)NC(=O)Nc1cc(C(=O)O)ccc1F. The number of urea groups is 1. The Labute approximate surface area is 114 Å².